The summed E-state index contributed by atoms with van der Waals surface area (Å²) < 4.78 is 15.1. The third-order valence-electron chi connectivity index (χ3n) is 7.22. The van der Waals surface area contributed by atoms with Gasteiger partial charge in [-0.25, -0.2) is 19.2 Å². The molecule has 2 amide bonds. The van der Waals surface area contributed by atoms with Crippen molar-refractivity contribution in [2.45, 2.75) is 141 Å². The van der Waals surface area contributed by atoms with Gasteiger partial charge in [-0.2, -0.15) is 0 Å². The molecule has 41 heavy (non-hydrogen) atoms. The first-order chi connectivity index (χ1) is 18.5. The average molecular weight is 589 g/mol. The van der Waals surface area contributed by atoms with Crippen LogP contribution in [0.15, 0.2) is 0 Å². The third kappa shape index (κ3) is 14.2. The maximum Gasteiger partial charge on any atom is 0.408 e. The number of carboxylic acid groups (broad SMARTS) is 1. The third-order valence-corrected chi connectivity index (χ3v) is 7.22. The molecule has 0 saturated heterocycles. The van der Waals surface area contributed by atoms with Crippen LogP contribution in [0.25, 0.3) is 0 Å². The number of carbonyl (C=O) groups excluding carboxylic acids is 3. The number of rotatable bonds is 6. The first-order valence-electron chi connectivity index (χ1n) is 14.3. The highest BCUT2D eigenvalue weighted by atomic mass is 16.6. The van der Waals surface area contributed by atoms with Gasteiger partial charge in [0.25, 0.3) is 0 Å². The molecule has 12 nitrogen and oxygen atoms in total. The molecule has 2 aliphatic rings. The molecule has 0 aromatic carbocycles. The fourth-order valence-electron chi connectivity index (χ4n) is 4.94. The van der Waals surface area contributed by atoms with E-state index in [9.17, 15) is 34.5 Å². The molecule has 0 radical (unpaired) electrons. The highest BCUT2D eigenvalue weighted by Gasteiger charge is 2.39. The molecule has 0 aliphatic heterocycles. The molecule has 0 aromatic rings. The summed E-state index contributed by atoms with van der Waals surface area (Å²) in [6.45, 7) is 14.0. The normalized spacial score (nSPS) is 28.1. The molecule has 12 heteroatoms. The highest BCUT2D eigenvalue weighted by molar-refractivity contribution is 5.82. The lowest BCUT2D eigenvalue weighted by Gasteiger charge is -2.36. The van der Waals surface area contributed by atoms with Gasteiger partial charge in [-0.3, -0.25) is 0 Å². The zero-order valence-corrected chi connectivity index (χ0v) is 26.2. The minimum atomic E-state index is -1.07. The van der Waals surface area contributed by atoms with Crippen LogP contribution in [-0.4, -0.2) is 81.0 Å². The van der Waals surface area contributed by atoms with E-state index in [1.165, 1.54) is 7.11 Å². The number of alkyl carbamates (subject to hydrolysis) is 2. The topological polar surface area (TPSA) is 181 Å². The van der Waals surface area contributed by atoms with Gasteiger partial charge in [0.05, 0.1) is 18.3 Å². The van der Waals surface area contributed by atoms with E-state index < -0.39 is 58.6 Å². The molecule has 2 fully saturated rings. The summed E-state index contributed by atoms with van der Waals surface area (Å²) in [5.41, 5.74) is -2.71. The molecule has 238 valence electrons. The number of nitrogens with one attached hydrogen (secondary N) is 2. The van der Waals surface area contributed by atoms with Crippen molar-refractivity contribution in [1.29, 1.82) is 0 Å². The lowest BCUT2D eigenvalue weighted by atomic mass is 9.77. The first kappa shape index (κ1) is 36.4. The number of ether oxygens (including phenoxy) is 3. The molecule has 0 aromatic heterocycles. The lowest BCUT2D eigenvalue weighted by Crippen LogP contribution is -2.50. The van der Waals surface area contributed by atoms with Gasteiger partial charge in [0, 0.05) is 0 Å². The quantitative estimate of drug-likeness (QED) is 0.225. The number of carbonyl (C=O) groups is 4. The Morgan fingerprint density at radius 1 is 0.707 bits per heavy atom. The van der Waals surface area contributed by atoms with E-state index in [0.717, 1.165) is 0 Å². The van der Waals surface area contributed by atoms with E-state index in [2.05, 4.69) is 10.6 Å². The van der Waals surface area contributed by atoms with Crippen molar-refractivity contribution in [2.75, 3.05) is 7.11 Å². The van der Waals surface area contributed by atoms with E-state index >= 15 is 0 Å². The van der Waals surface area contributed by atoms with Crippen LogP contribution in [0.5, 0.6) is 0 Å². The molecule has 0 spiro atoms. The number of carboxylic acids is 1. The first-order valence-corrected chi connectivity index (χ1v) is 14.3. The van der Waals surface area contributed by atoms with E-state index in [1.807, 2.05) is 0 Å². The summed E-state index contributed by atoms with van der Waals surface area (Å²) in [4.78, 5) is 46.8. The second kappa shape index (κ2) is 14.5. The second-order valence-corrected chi connectivity index (χ2v) is 13.8. The fraction of sp³-hybridized carbons (Fsp3) is 0.862. The van der Waals surface area contributed by atoms with Gasteiger partial charge >= 0.3 is 24.1 Å². The monoisotopic (exact) mass is 588 g/mol. The van der Waals surface area contributed by atoms with Gasteiger partial charge in [-0.15, -0.1) is 0 Å². The summed E-state index contributed by atoms with van der Waals surface area (Å²) in [5, 5.41) is 34.2. The number of hydrogen-bond donors (Lipinski definition) is 5. The van der Waals surface area contributed by atoms with Crippen molar-refractivity contribution in [2.24, 2.45) is 11.8 Å². The SMILES string of the molecule is CC1(O)CCC([C@H](NC(=O)OC(C)(C)C)C(=O)O)CC1.COC(=O)[C@@H](NC(=O)OC(C)(C)C)C1CCC(C)(O)CC1. The summed E-state index contributed by atoms with van der Waals surface area (Å²) >= 11 is 0. The minimum absolute atomic E-state index is 0.0507. The predicted molar refractivity (Wildman–Crippen MR) is 151 cm³/mol. The number of hydrogen-bond acceptors (Lipinski definition) is 9. The van der Waals surface area contributed by atoms with Crippen LogP contribution in [0.2, 0.25) is 0 Å². The molecular formula is C29H52N2O10. The summed E-state index contributed by atoms with van der Waals surface area (Å²) in [6.07, 6.45) is 3.37. The van der Waals surface area contributed by atoms with Crippen molar-refractivity contribution in [3.05, 3.63) is 0 Å². The van der Waals surface area contributed by atoms with Crippen molar-refractivity contribution in [3.8, 4) is 0 Å². The summed E-state index contributed by atoms with van der Waals surface area (Å²) in [6, 6.07) is -1.71. The van der Waals surface area contributed by atoms with Gasteiger partial charge in [-0.05, 0) is 119 Å². The molecule has 0 heterocycles. The van der Waals surface area contributed by atoms with Crippen molar-refractivity contribution in [1.82, 2.24) is 10.6 Å². The Hall–Kier alpha value is -2.60. The zero-order valence-electron chi connectivity index (χ0n) is 26.2. The van der Waals surface area contributed by atoms with Gasteiger partial charge < -0.3 is 40.2 Å². The Bertz CT molecular complexity index is 884. The van der Waals surface area contributed by atoms with E-state index in [1.54, 1.807) is 55.4 Å². The summed E-state index contributed by atoms with van der Waals surface area (Å²) in [7, 11) is 1.30. The van der Waals surface area contributed by atoms with Crippen LogP contribution in [0.1, 0.15) is 107 Å². The van der Waals surface area contributed by atoms with Gasteiger partial charge in [0.2, 0.25) is 0 Å². The maximum atomic E-state index is 11.9. The predicted octanol–water partition coefficient (Wildman–Crippen LogP) is 3.90. The Morgan fingerprint density at radius 3 is 1.32 bits per heavy atom. The second-order valence-electron chi connectivity index (χ2n) is 13.8. The largest absolute Gasteiger partial charge is 0.480 e. The highest BCUT2D eigenvalue weighted by Crippen LogP contribution is 2.34. The molecule has 2 rings (SSSR count). The zero-order chi connectivity index (χ0) is 31.8. The van der Waals surface area contributed by atoms with Crippen LogP contribution in [0.3, 0.4) is 0 Å². The summed E-state index contributed by atoms with van der Waals surface area (Å²) in [5.74, 6) is -1.78. The number of esters is 1. The van der Waals surface area contributed by atoms with Crippen molar-refractivity contribution < 1.29 is 48.7 Å². The molecule has 5 N–H and O–H groups in total. The standard InChI is InChI=1S/C15H27NO5.C14H25NO5/c1-14(2,3)21-13(18)16-11(12(17)20-5)10-6-8-15(4,19)9-7-10;1-13(2,3)20-12(18)15-10(11(16)17)9-5-7-14(4,19)8-6-9/h10-11,19H,6-9H2,1-5H3,(H,16,18);9-10,19H,5-8H2,1-4H3,(H,15,18)(H,16,17)/t10?,11-,15?;9?,10-,14?/m00/s1. The number of aliphatic hydroxyl groups is 2. The van der Waals surface area contributed by atoms with Crippen LogP contribution < -0.4 is 10.6 Å². The van der Waals surface area contributed by atoms with E-state index in [4.69, 9.17) is 14.2 Å². The van der Waals surface area contributed by atoms with Gasteiger partial charge in [0.15, 0.2) is 0 Å². The number of amides is 2. The molecule has 2 atom stereocenters. The van der Waals surface area contributed by atoms with Crippen LogP contribution in [0, 0.1) is 11.8 Å². The number of aliphatic carboxylic acids is 1. The Kier molecular flexibility index (Phi) is 12.9. The van der Waals surface area contributed by atoms with E-state index in [0.29, 0.717) is 51.4 Å². The molecule has 0 bridgehead atoms. The van der Waals surface area contributed by atoms with Crippen LogP contribution in [0.4, 0.5) is 9.59 Å². The average Bonchev–Trinajstić information content (AvgIpc) is 2.79. The molecule has 0 unspecified atom stereocenters. The van der Waals surface area contributed by atoms with Gasteiger partial charge in [-0.1, -0.05) is 0 Å². The molecule has 2 saturated carbocycles. The van der Waals surface area contributed by atoms with Crippen molar-refractivity contribution in [3.63, 3.8) is 0 Å². The molecular weight excluding hydrogens is 536 g/mol. The minimum Gasteiger partial charge on any atom is -0.480 e. The lowest BCUT2D eigenvalue weighted by molar-refractivity contribution is -0.145. The fourth-order valence-corrected chi connectivity index (χ4v) is 4.94. The Labute approximate surface area is 243 Å². The maximum absolute atomic E-state index is 11.9. The smallest absolute Gasteiger partial charge is 0.408 e. The molecule has 2 aliphatic carbocycles. The van der Waals surface area contributed by atoms with Crippen molar-refractivity contribution >= 4 is 24.1 Å². The van der Waals surface area contributed by atoms with Gasteiger partial charge in [0.1, 0.15) is 23.3 Å². The number of methoxy groups -OCH3 is 1. The Balaban J connectivity index is 0.000000410. The Morgan fingerprint density at radius 2 is 1.02 bits per heavy atom. The van der Waals surface area contributed by atoms with E-state index in [-0.39, 0.29) is 11.8 Å². The van der Waals surface area contributed by atoms with Crippen LogP contribution >= 0.6 is 0 Å². The van der Waals surface area contributed by atoms with Crippen LogP contribution in [-0.2, 0) is 23.8 Å².